The Hall–Kier alpha value is -2.87. The second-order valence-corrected chi connectivity index (χ2v) is 5.84. The van der Waals surface area contributed by atoms with Gasteiger partial charge in [-0.1, -0.05) is 29.8 Å². The zero-order valence-electron chi connectivity index (χ0n) is 12.9. The molecule has 1 unspecified atom stereocenters. The van der Waals surface area contributed by atoms with Crippen LogP contribution in [0.1, 0.15) is 35.6 Å². The molecular weight excluding hydrogens is 290 g/mol. The minimum atomic E-state index is -0.466. The number of nitriles is 1. The Bertz CT molecular complexity index is 795. The number of aryl methyl sites for hydroxylation is 1. The Morgan fingerprint density at radius 1 is 1.30 bits per heavy atom. The highest BCUT2D eigenvalue weighted by Gasteiger charge is 2.28. The third kappa shape index (κ3) is 2.88. The van der Waals surface area contributed by atoms with Crippen molar-refractivity contribution in [1.82, 2.24) is 0 Å². The Kier molecular flexibility index (Phi) is 3.98. The lowest BCUT2D eigenvalue weighted by Crippen LogP contribution is -2.23. The molecule has 0 radical (unpaired) electrons. The van der Waals surface area contributed by atoms with E-state index < -0.39 is 4.92 Å². The first kappa shape index (κ1) is 15.0. The highest BCUT2D eigenvalue weighted by molar-refractivity contribution is 5.64. The van der Waals surface area contributed by atoms with Gasteiger partial charge in [0.05, 0.1) is 22.2 Å². The predicted molar refractivity (Wildman–Crippen MR) is 88.3 cm³/mol. The SMILES string of the molecule is Cc1cccc(C2CCCN2c2ccc([N+](=O)[O-])cc2C#N)c1. The number of nitrogens with zero attached hydrogens (tertiary/aromatic N) is 3. The van der Waals surface area contributed by atoms with Crippen LogP contribution in [0.25, 0.3) is 0 Å². The van der Waals surface area contributed by atoms with Crippen LogP contribution in [-0.4, -0.2) is 11.5 Å². The van der Waals surface area contributed by atoms with Crippen molar-refractivity contribution in [3.63, 3.8) is 0 Å². The van der Waals surface area contributed by atoms with Gasteiger partial charge in [-0.25, -0.2) is 0 Å². The van der Waals surface area contributed by atoms with Gasteiger partial charge < -0.3 is 4.90 Å². The smallest absolute Gasteiger partial charge is 0.270 e. The summed E-state index contributed by atoms with van der Waals surface area (Å²) in [4.78, 5) is 12.6. The predicted octanol–water partition coefficient (Wildman–Crippen LogP) is 4.12. The largest absolute Gasteiger partial charge is 0.363 e. The molecule has 0 amide bonds. The average Bonchev–Trinajstić information content (AvgIpc) is 3.03. The number of rotatable bonds is 3. The minimum absolute atomic E-state index is 0.0448. The fraction of sp³-hybridized carbons (Fsp3) is 0.278. The van der Waals surface area contributed by atoms with Crippen molar-refractivity contribution >= 4 is 11.4 Å². The first-order valence-electron chi connectivity index (χ1n) is 7.62. The van der Waals surface area contributed by atoms with Gasteiger partial charge in [-0.3, -0.25) is 10.1 Å². The van der Waals surface area contributed by atoms with Crippen molar-refractivity contribution in [3.05, 3.63) is 69.3 Å². The summed E-state index contributed by atoms with van der Waals surface area (Å²) in [6.45, 7) is 2.92. The van der Waals surface area contributed by atoms with Gasteiger partial charge in [-0.15, -0.1) is 0 Å². The van der Waals surface area contributed by atoms with Crippen LogP contribution in [0.4, 0.5) is 11.4 Å². The topological polar surface area (TPSA) is 70.2 Å². The molecule has 1 saturated heterocycles. The molecule has 3 rings (SSSR count). The molecule has 5 heteroatoms. The van der Waals surface area contributed by atoms with E-state index in [1.807, 2.05) is 6.07 Å². The number of hydrogen-bond donors (Lipinski definition) is 0. The summed E-state index contributed by atoms with van der Waals surface area (Å²) >= 11 is 0. The summed E-state index contributed by atoms with van der Waals surface area (Å²) in [6, 6.07) is 15.2. The number of non-ortho nitro benzene ring substituents is 1. The first-order chi connectivity index (χ1) is 11.1. The van der Waals surface area contributed by atoms with Crippen LogP contribution in [0.2, 0.25) is 0 Å². The average molecular weight is 307 g/mol. The Morgan fingerprint density at radius 2 is 2.13 bits per heavy atom. The zero-order chi connectivity index (χ0) is 16.4. The van der Waals surface area contributed by atoms with Gasteiger partial charge in [0.2, 0.25) is 0 Å². The summed E-state index contributed by atoms with van der Waals surface area (Å²) in [6.07, 6.45) is 2.06. The standard InChI is InChI=1S/C18H17N3O2/c1-13-4-2-5-14(10-13)17-6-3-9-20(17)18-8-7-16(21(22)23)11-15(18)12-19/h2,4-5,7-8,10-11,17H,3,6,9H2,1H3. The molecule has 23 heavy (non-hydrogen) atoms. The lowest BCUT2D eigenvalue weighted by atomic mass is 10.0. The number of hydrogen-bond acceptors (Lipinski definition) is 4. The van der Waals surface area contributed by atoms with Gasteiger partial charge in [0.15, 0.2) is 0 Å². The fourth-order valence-corrected chi connectivity index (χ4v) is 3.26. The van der Waals surface area contributed by atoms with Gasteiger partial charge in [0.1, 0.15) is 6.07 Å². The molecule has 0 saturated carbocycles. The molecule has 0 spiro atoms. The molecule has 2 aromatic rings. The molecular formula is C18H17N3O2. The van der Waals surface area contributed by atoms with Crippen molar-refractivity contribution < 1.29 is 4.92 Å². The van der Waals surface area contributed by atoms with Crippen molar-refractivity contribution in [2.24, 2.45) is 0 Å². The summed E-state index contributed by atoms with van der Waals surface area (Å²) < 4.78 is 0. The molecule has 1 aliphatic heterocycles. The molecule has 116 valence electrons. The molecule has 0 N–H and O–H groups in total. The van der Waals surface area contributed by atoms with Crippen molar-refractivity contribution in [2.75, 3.05) is 11.4 Å². The fourth-order valence-electron chi connectivity index (χ4n) is 3.26. The number of anilines is 1. The van der Waals surface area contributed by atoms with Gasteiger partial charge in [0.25, 0.3) is 5.69 Å². The second kappa shape index (κ2) is 6.09. The van der Waals surface area contributed by atoms with Crippen LogP contribution >= 0.6 is 0 Å². The molecule has 1 heterocycles. The number of nitro benzene ring substituents is 1. The molecule has 0 bridgehead atoms. The zero-order valence-corrected chi connectivity index (χ0v) is 12.9. The van der Waals surface area contributed by atoms with Crippen LogP contribution in [0, 0.1) is 28.4 Å². The van der Waals surface area contributed by atoms with Crippen LogP contribution < -0.4 is 4.90 Å². The first-order valence-corrected chi connectivity index (χ1v) is 7.62. The molecule has 0 aromatic heterocycles. The summed E-state index contributed by atoms with van der Waals surface area (Å²) in [5.74, 6) is 0. The van der Waals surface area contributed by atoms with Crippen LogP contribution in [0.5, 0.6) is 0 Å². The van der Waals surface area contributed by atoms with Crippen molar-refractivity contribution in [1.29, 1.82) is 5.26 Å². The van der Waals surface area contributed by atoms with E-state index in [4.69, 9.17) is 0 Å². The molecule has 2 aromatic carbocycles. The van der Waals surface area contributed by atoms with Gasteiger partial charge >= 0.3 is 0 Å². The van der Waals surface area contributed by atoms with E-state index in [9.17, 15) is 15.4 Å². The monoisotopic (exact) mass is 307 g/mol. The van der Waals surface area contributed by atoms with E-state index in [0.29, 0.717) is 5.56 Å². The van der Waals surface area contributed by atoms with Gasteiger partial charge in [-0.2, -0.15) is 5.26 Å². The van der Waals surface area contributed by atoms with Gasteiger partial charge in [0, 0.05) is 18.7 Å². The van der Waals surface area contributed by atoms with Crippen molar-refractivity contribution in [3.8, 4) is 6.07 Å². The number of benzene rings is 2. The Morgan fingerprint density at radius 3 is 2.83 bits per heavy atom. The van der Waals surface area contributed by atoms with E-state index in [1.54, 1.807) is 6.07 Å². The van der Waals surface area contributed by atoms with Crippen LogP contribution in [-0.2, 0) is 0 Å². The normalized spacial score (nSPS) is 17.0. The maximum absolute atomic E-state index is 10.9. The molecule has 1 fully saturated rings. The van der Waals surface area contributed by atoms with E-state index in [-0.39, 0.29) is 11.7 Å². The lowest BCUT2D eigenvalue weighted by Gasteiger charge is -2.28. The highest BCUT2D eigenvalue weighted by atomic mass is 16.6. The van der Waals surface area contributed by atoms with E-state index in [1.165, 1.54) is 23.3 Å². The van der Waals surface area contributed by atoms with Crippen LogP contribution in [0.15, 0.2) is 42.5 Å². The molecule has 1 aliphatic rings. The van der Waals surface area contributed by atoms with Crippen LogP contribution in [0.3, 0.4) is 0 Å². The summed E-state index contributed by atoms with van der Waals surface area (Å²) in [5, 5.41) is 20.3. The summed E-state index contributed by atoms with van der Waals surface area (Å²) in [7, 11) is 0. The van der Waals surface area contributed by atoms with E-state index in [0.717, 1.165) is 25.1 Å². The third-order valence-corrected chi connectivity index (χ3v) is 4.30. The van der Waals surface area contributed by atoms with E-state index >= 15 is 0 Å². The Balaban J connectivity index is 2.00. The minimum Gasteiger partial charge on any atom is -0.363 e. The maximum atomic E-state index is 10.9. The third-order valence-electron chi connectivity index (χ3n) is 4.30. The highest BCUT2D eigenvalue weighted by Crippen LogP contribution is 2.38. The Labute approximate surface area is 134 Å². The van der Waals surface area contributed by atoms with Gasteiger partial charge in [-0.05, 0) is 31.4 Å². The lowest BCUT2D eigenvalue weighted by molar-refractivity contribution is -0.384. The second-order valence-electron chi connectivity index (χ2n) is 5.84. The van der Waals surface area contributed by atoms with E-state index in [2.05, 4.69) is 36.1 Å². The van der Waals surface area contributed by atoms with Crippen molar-refractivity contribution in [2.45, 2.75) is 25.8 Å². The molecule has 0 aliphatic carbocycles. The number of nitro groups is 1. The maximum Gasteiger partial charge on any atom is 0.270 e. The summed E-state index contributed by atoms with van der Waals surface area (Å²) in [5.41, 5.74) is 3.53. The molecule has 1 atom stereocenters. The quantitative estimate of drug-likeness (QED) is 0.632. The molecule has 5 nitrogen and oxygen atoms in total.